The molecule has 0 bridgehead atoms. The van der Waals surface area contributed by atoms with Gasteiger partial charge in [0, 0.05) is 12.1 Å². The van der Waals surface area contributed by atoms with Crippen LogP contribution in [0.4, 0.5) is 10.5 Å². The van der Waals surface area contributed by atoms with Crippen molar-refractivity contribution in [1.29, 1.82) is 0 Å². The number of thiophene rings is 1. The summed E-state index contributed by atoms with van der Waals surface area (Å²) < 4.78 is 10.4. The van der Waals surface area contributed by atoms with Crippen LogP contribution in [0, 0.1) is 0 Å². The summed E-state index contributed by atoms with van der Waals surface area (Å²) >= 11 is 1.37. The Hall–Kier alpha value is -3.40. The van der Waals surface area contributed by atoms with E-state index in [1.54, 1.807) is 56.7 Å². The van der Waals surface area contributed by atoms with Crippen molar-refractivity contribution in [3.05, 3.63) is 52.2 Å². The molecule has 10 heteroatoms. The van der Waals surface area contributed by atoms with E-state index in [2.05, 4.69) is 10.6 Å². The molecule has 0 unspecified atom stereocenters. The van der Waals surface area contributed by atoms with Crippen molar-refractivity contribution in [2.45, 2.75) is 51.8 Å². The van der Waals surface area contributed by atoms with E-state index in [4.69, 9.17) is 9.47 Å². The number of carbonyl (C=O) groups excluding carboxylic acids is 4. The third-order valence-corrected chi connectivity index (χ3v) is 5.72. The van der Waals surface area contributed by atoms with Crippen molar-refractivity contribution in [2.75, 3.05) is 18.1 Å². The molecule has 0 fully saturated rings. The first-order valence-corrected chi connectivity index (χ1v) is 11.9. The monoisotopic (exact) mass is 487 g/mol. The summed E-state index contributed by atoms with van der Waals surface area (Å²) in [5.74, 6) is -1.53. The van der Waals surface area contributed by atoms with Crippen LogP contribution >= 0.6 is 11.3 Å². The summed E-state index contributed by atoms with van der Waals surface area (Å²) in [6, 6.07) is 7.10. The van der Waals surface area contributed by atoms with E-state index < -0.39 is 41.6 Å². The number of carbonyl (C=O) groups is 4. The van der Waals surface area contributed by atoms with Crippen LogP contribution in [0.2, 0.25) is 0 Å². The molecule has 2 aromatic rings. The molecule has 1 aromatic heterocycles. The van der Waals surface area contributed by atoms with Gasteiger partial charge in [0.2, 0.25) is 11.8 Å². The molecular weight excluding hydrogens is 458 g/mol. The van der Waals surface area contributed by atoms with Crippen LogP contribution in [0.5, 0.6) is 0 Å². The van der Waals surface area contributed by atoms with E-state index in [1.807, 2.05) is 12.1 Å². The molecule has 2 heterocycles. The Morgan fingerprint density at radius 1 is 1.18 bits per heavy atom. The largest absolute Gasteiger partial charge is 0.464 e. The molecule has 9 nitrogen and oxygen atoms in total. The average molecular weight is 488 g/mol. The summed E-state index contributed by atoms with van der Waals surface area (Å²) in [5, 5.41) is 8.67. The standard InChI is InChI=1S/C24H29N3O6S/c1-5-32-22(30)18-12-15-8-6-7-9-17(15)27(18)19(28)13-25-21(29)20(16-10-11-34-14-16)26-23(31)33-24(2,3)4/h6-11,14,18,20H,5,12-13H2,1-4H3,(H,25,29)(H,26,31)/t18-,20+/m0/s1. The minimum absolute atomic E-state index is 0.198. The highest BCUT2D eigenvalue weighted by molar-refractivity contribution is 7.08. The zero-order valence-electron chi connectivity index (χ0n) is 19.6. The van der Waals surface area contributed by atoms with Gasteiger partial charge in [0.25, 0.3) is 0 Å². The number of fused-ring (bicyclic) bond motifs is 1. The van der Waals surface area contributed by atoms with Crippen LogP contribution in [0.3, 0.4) is 0 Å². The fourth-order valence-electron chi connectivity index (χ4n) is 3.64. The second kappa shape index (κ2) is 10.7. The van der Waals surface area contributed by atoms with Crippen LogP contribution in [0.25, 0.3) is 0 Å². The highest BCUT2D eigenvalue weighted by Gasteiger charge is 2.39. The number of ether oxygens (including phenoxy) is 2. The highest BCUT2D eigenvalue weighted by atomic mass is 32.1. The molecule has 3 rings (SSSR count). The molecule has 0 radical (unpaired) electrons. The van der Waals surface area contributed by atoms with E-state index in [9.17, 15) is 19.2 Å². The lowest BCUT2D eigenvalue weighted by atomic mass is 10.1. The van der Waals surface area contributed by atoms with Crippen LogP contribution in [0.1, 0.15) is 44.9 Å². The van der Waals surface area contributed by atoms with Gasteiger partial charge < -0.3 is 20.1 Å². The number of hydrogen-bond donors (Lipinski definition) is 2. The Balaban J connectivity index is 1.72. The molecule has 2 N–H and O–H groups in total. The van der Waals surface area contributed by atoms with Gasteiger partial charge in [-0.15, -0.1) is 0 Å². The first kappa shape index (κ1) is 25.2. The van der Waals surface area contributed by atoms with Gasteiger partial charge in [-0.1, -0.05) is 18.2 Å². The van der Waals surface area contributed by atoms with Crippen molar-refractivity contribution in [2.24, 2.45) is 0 Å². The van der Waals surface area contributed by atoms with Crippen molar-refractivity contribution in [3.63, 3.8) is 0 Å². The Labute approximate surface area is 202 Å². The smallest absolute Gasteiger partial charge is 0.408 e. The number of rotatable bonds is 7. The molecule has 1 aliphatic heterocycles. The summed E-state index contributed by atoms with van der Waals surface area (Å²) in [6.45, 7) is 6.70. The number of hydrogen-bond acceptors (Lipinski definition) is 7. The lowest BCUT2D eigenvalue weighted by molar-refractivity contribution is -0.145. The van der Waals surface area contributed by atoms with Gasteiger partial charge in [-0.2, -0.15) is 11.3 Å². The zero-order chi connectivity index (χ0) is 24.9. The molecule has 0 saturated carbocycles. The molecule has 34 heavy (non-hydrogen) atoms. The fraction of sp³-hybridized carbons (Fsp3) is 0.417. The van der Waals surface area contributed by atoms with Crippen LogP contribution in [-0.2, 0) is 30.3 Å². The SMILES string of the molecule is CCOC(=O)[C@@H]1Cc2ccccc2N1C(=O)CNC(=O)[C@H](NC(=O)OC(C)(C)C)c1ccsc1. The van der Waals surface area contributed by atoms with Gasteiger partial charge >= 0.3 is 12.1 Å². The summed E-state index contributed by atoms with van der Waals surface area (Å²) in [5.41, 5.74) is 1.29. The molecule has 2 atom stereocenters. The quantitative estimate of drug-likeness (QED) is 0.581. The molecule has 1 aromatic carbocycles. The number of esters is 1. The average Bonchev–Trinajstić information content (AvgIpc) is 3.42. The zero-order valence-corrected chi connectivity index (χ0v) is 20.4. The molecule has 3 amide bonds. The number of alkyl carbamates (subject to hydrolysis) is 1. The van der Waals surface area contributed by atoms with E-state index in [-0.39, 0.29) is 13.2 Å². The second-order valence-electron chi connectivity index (χ2n) is 8.72. The number of para-hydroxylation sites is 1. The highest BCUT2D eigenvalue weighted by Crippen LogP contribution is 2.32. The number of benzene rings is 1. The Bertz CT molecular complexity index is 1050. The van der Waals surface area contributed by atoms with Gasteiger partial charge in [0.05, 0.1) is 13.2 Å². The lowest BCUT2D eigenvalue weighted by Crippen LogP contribution is -2.49. The fourth-order valence-corrected chi connectivity index (χ4v) is 4.32. The molecule has 0 aliphatic carbocycles. The van der Waals surface area contributed by atoms with E-state index in [0.717, 1.165) is 5.56 Å². The van der Waals surface area contributed by atoms with Gasteiger partial charge in [0.1, 0.15) is 17.7 Å². The molecule has 0 spiro atoms. The number of nitrogens with zero attached hydrogens (tertiary/aromatic N) is 1. The molecular formula is C24H29N3O6S. The number of amides is 3. The second-order valence-corrected chi connectivity index (χ2v) is 9.50. The van der Waals surface area contributed by atoms with Crippen LogP contribution in [0.15, 0.2) is 41.1 Å². The van der Waals surface area contributed by atoms with Gasteiger partial charge in [-0.05, 0) is 61.7 Å². The van der Waals surface area contributed by atoms with E-state index >= 15 is 0 Å². The van der Waals surface area contributed by atoms with Gasteiger partial charge in [0.15, 0.2) is 0 Å². The van der Waals surface area contributed by atoms with Crippen LogP contribution in [-0.4, -0.2) is 48.7 Å². The minimum atomic E-state index is -1.04. The Morgan fingerprint density at radius 3 is 2.56 bits per heavy atom. The minimum Gasteiger partial charge on any atom is -0.464 e. The maximum atomic E-state index is 13.1. The predicted molar refractivity (Wildman–Crippen MR) is 127 cm³/mol. The molecule has 1 aliphatic rings. The maximum absolute atomic E-state index is 13.1. The first-order valence-electron chi connectivity index (χ1n) is 11.0. The number of anilines is 1. The molecule has 0 saturated heterocycles. The van der Waals surface area contributed by atoms with Gasteiger partial charge in [-0.3, -0.25) is 14.5 Å². The predicted octanol–water partition coefficient (Wildman–Crippen LogP) is 2.95. The van der Waals surface area contributed by atoms with E-state index in [1.165, 1.54) is 16.2 Å². The normalized spacial score (nSPS) is 15.8. The number of nitrogens with one attached hydrogen (secondary N) is 2. The topological polar surface area (TPSA) is 114 Å². The van der Waals surface area contributed by atoms with E-state index in [0.29, 0.717) is 17.7 Å². The summed E-state index contributed by atoms with van der Waals surface area (Å²) in [7, 11) is 0. The van der Waals surface area contributed by atoms with Crippen molar-refractivity contribution < 1.29 is 28.7 Å². The van der Waals surface area contributed by atoms with Crippen LogP contribution < -0.4 is 15.5 Å². The third kappa shape index (κ3) is 6.13. The van der Waals surface area contributed by atoms with Crippen molar-refractivity contribution in [3.8, 4) is 0 Å². The van der Waals surface area contributed by atoms with Crippen molar-refractivity contribution >= 4 is 40.9 Å². The first-order chi connectivity index (χ1) is 16.1. The summed E-state index contributed by atoms with van der Waals surface area (Å²) in [6.07, 6.45) is -0.409. The van der Waals surface area contributed by atoms with Crippen molar-refractivity contribution in [1.82, 2.24) is 10.6 Å². The third-order valence-electron chi connectivity index (χ3n) is 5.02. The van der Waals surface area contributed by atoms with Gasteiger partial charge in [-0.25, -0.2) is 9.59 Å². The Morgan fingerprint density at radius 2 is 1.91 bits per heavy atom. The summed E-state index contributed by atoms with van der Waals surface area (Å²) in [4.78, 5) is 52.3. The molecule has 182 valence electrons. The lowest BCUT2D eigenvalue weighted by Gasteiger charge is -2.25. The maximum Gasteiger partial charge on any atom is 0.408 e. The Kier molecular flexibility index (Phi) is 7.93.